The molecule has 0 saturated carbocycles. The van der Waals surface area contributed by atoms with E-state index in [0.717, 1.165) is 0 Å². The minimum atomic E-state index is -1.16. The third-order valence-corrected chi connectivity index (χ3v) is 5.85. The molecule has 0 saturated heterocycles. The molecule has 2 atom stereocenters. The first kappa shape index (κ1) is 29.4. The van der Waals surface area contributed by atoms with E-state index < -0.39 is 24.3 Å². The first-order chi connectivity index (χ1) is 18.7. The van der Waals surface area contributed by atoms with Crippen LogP contribution in [0.4, 0.5) is 4.79 Å². The highest BCUT2D eigenvalue weighted by Crippen LogP contribution is 2.36. The Hall–Kier alpha value is -4.16. The number of esters is 1. The van der Waals surface area contributed by atoms with E-state index in [-0.39, 0.29) is 12.2 Å². The van der Waals surface area contributed by atoms with Gasteiger partial charge in [-0.25, -0.2) is 9.59 Å². The number of methoxy groups -OCH3 is 3. The molecule has 1 heterocycles. The molecule has 2 aromatic rings. The number of allylic oxidation sites excluding steroid dienone is 1. The van der Waals surface area contributed by atoms with E-state index in [2.05, 4.69) is 21.2 Å². The van der Waals surface area contributed by atoms with Crippen LogP contribution in [0.1, 0.15) is 31.0 Å². The summed E-state index contributed by atoms with van der Waals surface area (Å²) in [5.74, 6) is 0.978. The lowest BCUT2D eigenvalue weighted by molar-refractivity contribution is -0.136. The molecule has 0 radical (unpaired) electrons. The third-order valence-electron chi connectivity index (χ3n) is 5.57. The summed E-state index contributed by atoms with van der Waals surface area (Å²) in [6, 6.07) is 7.08. The number of carbonyl (C=O) groups is 2. The van der Waals surface area contributed by atoms with Gasteiger partial charge >= 0.3 is 12.0 Å². The Balaban J connectivity index is 1.70. The van der Waals surface area contributed by atoms with Crippen molar-refractivity contribution in [2.24, 2.45) is 5.10 Å². The number of hydrogen-bond acceptors (Lipinski definition) is 10. The van der Waals surface area contributed by atoms with Crippen molar-refractivity contribution in [1.82, 2.24) is 16.1 Å². The second kappa shape index (κ2) is 13.6. The molecule has 1 aliphatic rings. The van der Waals surface area contributed by atoms with Crippen molar-refractivity contribution in [3.63, 3.8) is 0 Å². The lowest BCUT2D eigenvalue weighted by Crippen LogP contribution is -2.45. The van der Waals surface area contributed by atoms with E-state index in [1.165, 1.54) is 27.5 Å². The van der Waals surface area contributed by atoms with Crippen LogP contribution >= 0.6 is 11.6 Å². The third kappa shape index (κ3) is 7.24. The molecule has 0 unspecified atom stereocenters. The largest absolute Gasteiger partial charge is 0.493 e. The summed E-state index contributed by atoms with van der Waals surface area (Å²) in [5, 5.41) is 20.0. The highest BCUT2D eigenvalue weighted by Gasteiger charge is 2.32. The Morgan fingerprint density at radius 2 is 1.92 bits per heavy atom. The molecule has 13 heteroatoms. The van der Waals surface area contributed by atoms with Crippen LogP contribution in [-0.2, 0) is 9.53 Å². The van der Waals surface area contributed by atoms with E-state index >= 15 is 0 Å². The number of aliphatic hydroxyl groups is 1. The van der Waals surface area contributed by atoms with Crippen LogP contribution in [0.2, 0.25) is 5.02 Å². The fraction of sp³-hybridized carbons (Fsp3) is 0.346. The number of urea groups is 1. The Morgan fingerprint density at radius 3 is 2.59 bits per heavy atom. The predicted octanol–water partition coefficient (Wildman–Crippen LogP) is 2.88. The number of aliphatic hydroxyl groups excluding tert-OH is 1. The Morgan fingerprint density at radius 1 is 1.15 bits per heavy atom. The summed E-state index contributed by atoms with van der Waals surface area (Å²) in [7, 11) is 4.25. The van der Waals surface area contributed by atoms with Gasteiger partial charge in [-0.2, -0.15) is 5.10 Å². The number of benzene rings is 2. The van der Waals surface area contributed by atoms with Gasteiger partial charge in [0.25, 0.3) is 0 Å². The zero-order valence-corrected chi connectivity index (χ0v) is 22.9. The summed E-state index contributed by atoms with van der Waals surface area (Å²) in [5.41, 5.74) is 4.42. The molecule has 0 spiro atoms. The number of hydrogen-bond donors (Lipinski definition) is 4. The van der Waals surface area contributed by atoms with E-state index in [1.807, 2.05) is 0 Å². The maximum Gasteiger partial charge on any atom is 0.337 e. The van der Waals surface area contributed by atoms with Gasteiger partial charge < -0.3 is 39.4 Å². The second-order valence-electron chi connectivity index (χ2n) is 8.15. The highest BCUT2D eigenvalue weighted by atomic mass is 35.5. The van der Waals surface area contributed by atoms with Crippen LogP contribution < -0.4 is 35.0 Å². The number of nitrogens with zero attached hydrogens (tertiary/aromatic N) is 1. The first-order valence-corrected chi connectivity index (χ1v) is 12.2. The number of rotatable bonds is 12. The van der Waals surface area contributed by atoms with Gasteiger partial charge in [-0.1, -0.05) is 17.7 Å². The number of carbonyl (C=O) groups excluding carboxylic acids is 2. The number of amides is 2. The monoisotopic (exact) mass is 562 g/mol. The molecular weight excluding hydrogens is 532 g/mol. The molecule has 210 valence electrons. The van der Waals surface area contributed by atoms with Crippen molar-refractivity contribution in [3.8, 4) is 23.0 Å². The highest BCUT2D eigenvalue weighted by molar-refractivity contribution is 6.32. The maximum atomic E-state index is 12.4. The molecular formula is C26H31ClN4O8. The Kier molecular flexibility index (Phi) is 10.2. The zero-order chi connectivity index (χ0) is 28.5. The van der Waals surface area contributed by atoms with Crippen molar-refractivity contribution < 1.29 is 38.4 Å². The summed E-state index contributed by atoms with van der Waals surface area (Å²) in [6.07, 6.45) is 0.297. The number of hydrazone groups is 1. The second-order valence-corrected chi connectivity index (χ2v) is 8.56. The number of halogens is 1. The average Bonchev–Trinajstić information content (AvgIpc) is 2.91. The minimum absolute atomic E-state index is 0.167. The molecule has 0 fully saturated rings. The topological polar surface area (TPSA) is 149 Å². The number of ether oxygens (including phenoxy) is 5. The molecule has 2 aromatic carbocycles. The Bertz CT molecular complexity index is 1270. The molecule has 2 amide bonds. The first-order valence-electron chi connectivity index (χ1n) is 11.9. The van der Waals surface area contributed by atoms with Gasteiger partial charge in [-0.05, 0) is 49.2 Å². The van der Waals surface area contributed by atoms with Crippen molar-refractivity contribution >= 4 is 29.8 Å². The van der Waals surface area contributed by atoms with Gasteiger partial charge in [-0.15, -0.1) is 0 Å². The fourth-order valence-corrected chi connectivity index (χ4v) is 4.13. The summed E-state index contributed by atoms with van der Waals surface area (Å²) in [6.45, 7) is 3.59. The zero-order valence-electron chi connectivity index (χ0n) is 22.2. The van der Waals surface area contributed by atoms with Gasteiger partial charge in [0.1, 0.15) is 6.61 Å². The maximum absolute atomic E-state index is 12.4. The minimum Gasteiger partial charge on any atom is -0.493 e. The molecule has 0 aliphatic carbocycles. The van der Waals surface area contributed by atoms with Crippen LogP contribution in [0.5, 0.6) is 23.0 Å². The van der Waals surface area contributed by atoms with E-state index in [9.17, 15) is 14.7 Å². The molecule has 4 N–H and O–H groups in total. The lowest BCUT2D eigenvalue weighted by atomic mass is 9.95. The van der Waals surface area contributed by atoms with Gasteiger partial charge in [-0.3, -0.25) is 5.43 Å². The van der Waals surface area contributed by atoms with E-state index in [0.29, 0.717) is 51.5 Å². The van der Waals surface area contributed by atoms with Crippen molar-refractivity contribution in [1.29, 1.82) is 0 Å². The van der Waals surface area contributed by atoms with Gasteiger partial charge in [0.05, 0.1) is 50.8 Å². The van der Waals surface area contributed by atoms with Crippen molar-refractivity contribution in [3.05, 3.63) is 57.8 Å². The van der Waals surface area contributed by atoms with Gasteiger partial charge in [0, 0.05) is 5.70 Å². The van der Waals surface area contributed by atoms with Gasteiger partial charge in [0.2, 0.25) is 0 Å². The average molecular weight is 563 g/mol. The van der Waals surface area contributed by atoms with Crippen molar-refractivity contribution in [2.45, 2.75) is 26.1 Å². The smallest absolute Gasteiger partial charge is 0.337 e. The fourth-order valence-electron chi connectivity index (χ4n) is 3.83. The van der Waals surface area contributed by atoms with Gasteiger partial charge in [0.15, 0.2) is 29.2 Å². The predicted molar refractivity (Wildman–Crippen MR) is 144 cm³/mol. The number of nitrogens with one attached hydrogen (secondary N) is 3. The van der Waals surface area contributed by atoms with Crippen LogP contribution in [0.3, 0.4) is 0 Å². The SMILES string of the molecule is CCOc1cc([C@@H]2NC(=O)NC(C)=C2C(=O)OC)ccc1OC[C@H](O)N/N=C\c1cc(Cl)c(OC)c(OC)c1. The molecule has 12 nitrogen and oxygen atoms in total. The van der Waals surface area contributed by atoms with Crippen LogP contribution in [0, 0.1) is 0 Å². The van der Waals surface area contributed by atoms with Crippen molar-refractivity contribution in [2.75, 3.05) is 34.5 Å². The molecule has 0 aromatic heterocycles. The standard InChI is InChI=1S/C26H31ClN4O8/c1-6-38-19-11-16(23-22(25(33)37-5)14(2)29-26(34)30-23)7-8-18(19)39-13-21(32)31-28-12-15-9-17(27)24(36-4)20(10-15)35-3/h7-12,21,23,31-32H,6,13H2,1-5H3,(H2,29,30,34)/b28-12-/t21-,23-/m0/s1. The summed E-state index contributed by atoms with van der Waals surface area (Å²) < 4.78 is 26.8. The Labute approximate surface area is 230 Å². The molecule has 1 aliphatic heterocycles. The van der Waals surface area contributed by atoms with Crippen LogP contribution in [-0.4, -0.2) is 64.1 Å². The van der Waals surface area contributed by atoms with E-state index in [4.69, 9.17) is 35.3 Å². The quantitative estimate of drug-likeness (QED) is 0.132. The summed E-state index contributed by atoms with van der Waals surface area (Å²) >= 11 is 6.20. The lowest BCUT2D eigenvalue weighted by Gasteiger charge is -2.28. The normalized spacial score (nSPS) is 15.8. The summed E-state index contributed by atoms with van der Waals surface area (Å²) in [4.78, 5) is 24.5. The van der Waals surface area contributed by atoms with Crippen LogP contribution in [0.25, 0.3) is 0 Å². The molecule has 0 bridgehead atoms. The molecule has 3 rings (SSSR count). The molecule has 39 heavy (non-hydrogen) atoms. The van der Waals surface area contributed by atoms with E-state index in [1.54, 1.807) is 44.2 Å². The van der Waals surface area contributed by atoms with Crippen LogP contribution in [0.15, 0.2) is 46.7 Å².